The van der Waals surface area contributed by atoms with Crippen molar-refractivity contribution in [3.63, 3.8) is 0 Å². The number of rotatable bonds is 2. The molecular formula is C23H27N7O13P2. The molecule has 0 saturated carbocycles. The van der Waals surface area contributed by atoms with Gasteiger partial charge < -0.3 is 50.1 Å². The van der Waals surface area contributed by atoms with Gasteiger partial charge in [0, 0.05) is 29.7 Å². The summed E-state index contributed by atoms with van der Waals surface area (Å²) in [5.74, 6) is -0.237. The molecule has 10 atom stereocenters. The van der Waals surface area contributed by atoms with Crippen molar-refractivity contribution >= 4 is 49.3 Å². The van der Waals surface area contributed by atoms with Gasteiger partial charge in [0.25, 0.3) is 5.56 Å². The lowest BCUT2D eigenvalue weighted by atomic mass is 10.1. The highest BCUT2D eigenvalue weighted by atomic mass is 31.2. The van der Waals surface area contributed by atoms with Gasteiger partial charge >= 0.3 is 15.6 Å². The van der Waals surface area contributed by atoms with E-state index in [0.29, 0.717) is 16.7 Å². The first-order valence-electron chi connectivity index (χ1n) is 13.4. The highest BCUT2D eigenvalue weighted by Gasteiger charge is 2.53. The normalized spacial score (nSPS) is 37.7. The Morgan fingerprint density at radius 2 is 1.47 bits per heavy atom. The van der Waals surface area contributed by atoms with Crippen LogP contribution in [0.3, 0.4) is 0 Å². The van der Waals surface area contributed by atoms with E-state index in [4.69, 9.17) is 39.0 Å². The number of H-pyrrole nitrogens is 1. The molecule has 3 saturated heterocycles. The largest absolute Gasteiger partial charge is 0.472 e. The molecule has 0 amide bonds. The van der Waals surface area contributed by atoms with Crippen LogP contribution in [0.25, 0.3) is 22.1 Å². The van der Waals surface area contributed by atoms with Crippen LogP contribution in [0, 0.1) is 0 Å². The Bertz CT molecular complexity index is 1930. The number of nitrogen functional groups attached to an aromatic ring is 2. The first-order valence-corrected chi connectivity index (χ1v) is 16.4. The minimum Gasteiger partial charge on any atom is -0.398 e. The quantitative estimate of drug-likeness (QED) is 0.132. The van der Waals surface area contributed by atoms with Gasteiger partial charge in [-0.15, -0.1) is 0 Å². The van der Waals surface area contributed by atoms with Crippen LogP contribution in [0.5, 0.6) is 0 Å². The van der Waals surface area contributed by atoms with Crippen LogP contribution in [-0.4, -0.2) is 93.9 Å². The van der Waals surface area contributed by atoms with Crippen molar-refractivity contribution in [2.45, 2.75) is 49.1 Å². The summed E-state index contributed by atoms with van der Waals surface area (Å²) in [6, 6.07) is 4.57. The van der Waals surface area contributed by atoms with Gasteiger partial charge in [0.2, 0.25) is 5.95 Å². The van der Waals surface area contributed by atoms with Crippen LogP contribution < -0.4 is 17.0 Å². The molecule has 0 radical (unpaired) electrons. The minimum absolute atomic E-state index is 0.00871. The Kier molecular flexibility index (Phi) is 7.40. The molecule has 3 aliphatic rings. The Labute approximate surface area is 251 Å². The van der Waals surface area contributed by atoms with Crippen molar-refractivity contribution in [3.05, 3.63) is 47.1 Å². The summed E-state index contributed by atoms with van der Waals surface area (Å²) in [7, 11) is -10.1. The van der Waals surface area contributed by atoms with Gasteiger partial charge in [-0.1, -0.05) is 0 Å². The van der Waals surface area contributed by atoms with E-state index in [9.17, 15) is 33.9 Å². The number of pyridine rings is 1. The molecule has 0 spiro atoms. The third-order valence-electron chi connectivity index (χ3n) is 7.73. The number of ether oxygens (including phenoxy) is 2. The summed E-state index contributed by atoms with van der Waals surface area (Å²) in [5, 5.41) is 22.8. The molecule has 2 unspecified atom stereocenters. The van der Waals surface area contributed by atoms with Gasteiger partial charge in [0.1, 0.15) is 42.3 Å². The summed E-state index contributed by atoms with van der Waals surface area (Å²) >= 11 is 0. The molecular weight excluding hydrogens is 644 g/mol. The number of anilines is 2. The summed E-state index contributed by atoms with van der Waals surface area (Å²) in [6.45, 7) is -1.57. The van der Waals surface area contributed by atoms with E-state index in [1.165, 1.54) is 33.8 Å². The molecule has 4 aromatic rings. The van der Waals surface area contributed by atoms with Gasteiger partial charge in [0.05, 0.1) is 18.6 Å². The van der Waals surface area contributed by atoms with Gasteiger partial charge in [0.15, 0.2) is 18.1 Å². The smallest absolute Gasteiger partial charge is 0.398 e. The number of phosphoric ester groups is 2. The molecule has 0 aromatic carbocycles. The average molecular weight is 671 g/mol. The van der Waals surface area contributed by atoms with Crippen molar-refractivity contribution in [3.8, 4) is 0 Å². The molecule has 242 valence electrons. The van der Waals surface area contributed by atoms with Gasteiger partial charge in [-0.25, -0.2) is 14.1 Å². The van der Waals surface area contributed by atoms with Crippen molar-refractivity contribution in [2.24, 2.45) is 0 Å². The standard InChI is InChI=1S/C23H27N7O13P2/c24-11-1-4-26-18-9(11)2-5-29(18)21-15(32)16-13(41-21)8-39-45(36,37)43-17-14(31)12(7-38-44(34,35)42-16)40-22(17)30-6-3-10-19(30)27-23(25)28-20(10)33/h1-6,12-17,21-22,31-32H,7-8H2,(H2,24,26)(H,34,35)(H,36,37)(H3,25,27,28,33)/t12-,13-,14-,15-,16-,17-,21-,22-/m1/s1. The Balaban J connectivity index is 1.21. The fraction of sp³-hybridized carbons (Fsp3) is 0.435. The molecule has 3 aliphatic heterocycles. The summed E-state index contributed by atoms with van der Waals surface area (Å²) in [4.78, 5) is 44.3. The van der Waals surface area contributed by atoms with Crippen LogP contribution >= 0.6 is 15.6 Å². The molecule has 4 aromatic heterocycles. The highest BCUT2D eigenvalue weighted by Crippen LogP contribution is 2.53. The second kappa shape index (κ2) is 10.9. The Hall–Kier alpha value is -3.23. The molecule has 45 heavy (non-hydrogen) atoms. The number of hydrogen-bond acceptors (Lipinski definition) is 15. The maximum Gasteiger partial charge on any atom is 0.472 e. The minimum atomic E-state index is -5.07. The maximum absolute atomic E-state index is 13.2. The van der Waals surface area contributed by atoms with E-state index in [0.717, 1.165) is 0 Å². The van der Waals surface area contributed by atoms with Gasteiger partial charge in [-0.05, 0) is 18.2 Å². The third kappa shape index (κ3) is 5.38. The number of aliphatic hydroxyl groups excluding tert-OH is 2. The van der Waals surface area contributed by atoms with Crippen molar-refractivity contribution in [2.75, 3.05) is 24.7 Å². The number of nitrogens with one attached hydrogen (secondary N) is 1. The fourth-order valence-electron chi connectivity index (χ4n) is 5.66. The second-order valence-electron chi connectivity index (χ2n) is 10.6. The van der Waals surface area contributed by atoms with Crippen LogP contribution in [0.2, 0.25) is 0 Å². The van der Waals surface area contributed by atoms with Gasteiger partial charge in [-0.2, -0.15) is 4.98 Å². The number of nitrogens with zero attached hydrogens (tertiary/aromatic N) is 4. The number of aromatic amines is 1. The predicted molar refractivity (Wildman–Crippen MR) is 150 cm³/mol. The van der Waals surface area contributed by atoms with Crippen LogP contribution in [0.1, 0.15) is 12.5 Å². The molecule has 3 fully saturated rings. The van der Waals surface area contributed by atoms with Gasteiger partial charge in [-0.3, -0.25) is 27.9 Å². The lowest BCUT2D eigenvalue weighted by Gasteiger charge is -2.26. The molecule has 20 nitrogen and oxygen atoms in total. The highest BCUT2D eigenvalue weighted by molar-refractivity contribution is 7.47. The molecule has 0 aliphatic carbocycles. The maximum atomic E-state index is 13.2. The van der Waals surface area contributed by atoms with Crippen molar-refractivity contribution in [1.82, 2.24) is 24.1 Å². The third-order valence-corrected chi connectivity index (χ3v) is 9.70. The number of aromatic nitrogens is 5. The number of aliphatic hydroxyl groups is 2. The van der Waals surface area contributed by atoms with Crippen LogP contribution in [0.4, 0.5) is 11.6 Å². The monoisotopic (exact) mass is 671 g/mol. The summed E-state index contributed by atoms with van der Waals surface area (Å²) in [6.07, 6.45) is -7.88. The topological polar surface area (TPSA) is 291 Å². The Morgan fingerprint density at radius 1 is 0.844 bits per heavy atom. The van der Waals surface area contributed by atoms with E-state index in [2.05, 4.69) is 15.0 Å². The molecule has 7 rings (SSSR count). The second-order valence-corrected chi connectivity index (χ2v) is 13.4. The van der Waals surface area contributed by atoms with E-state index < -0.39 is 83.5 Å². The average Bonchev–Trinajstić information content (AvgIpc) is 3.72. The first kappa shape index (κ1) is 30.4. The molecule has 9 N–H and O–H groups in total. The number of fused-ring (bicyclic) bond motifs is 5. The summed E-state index contributed by atoms with van der Waals surface area (Å²) in [5.41, 5.74) is 11.8. The lowest BCUT2D eigenvalue weighted by molar-refractivity contribution is -0.0670. The van der Waals surface area contributed by atoms with Crippen LogP contribution in [0.15, 0.2) is 41.6 Å². The van der Waals surface area contributed by atoms with Crippen molar-refractivity contribution in [1.29, 1.82) is 0 Å². The van der Waals surface area contributed by atoms with E-state index in [1.54, 1.807) is 12.1 Å². The zero-order valence-electron chi connectivity index (χ0n) is 22.8. The summed E-state index contributed by atoms with van der Waals surface area (Å²) < 4.78 is 61.7. The number of phosphoric acid groups is 2. The molecule has 2 bridgehead atoms. The SMILES string of the molecule is Nc1nc2c(ccn2[C@@H]2O[C@@H]3COP(=O)(O)O[C@H]4[C@@H](O)[C@H](n5ccc6c(N)ccnc65)O[C@@H]4COP(=O)(O)O[C@@H]2[C@@H]3O)c(=O)[nH]1. The van der Waals surface area contributed by atoms with E-state index >= 15 is 0 Å². The van der Waals surface area contributed by atoms with Crippen LogP contribution in [-0.2, 0) is 36.7 Å². The fourth-order valence-corrected chi connectivity index (χ4v) is 7.56. The van der Waals surface area contributed by atoms with Crippen molar-refractivity contribution < 1.29 is 56.7 Å². The zero-order valence-corrected chi connectivity index (χ0v) is 24.6. The number of hydrogen-bond donors (Lipinski definition) is 7. The van der Waals surface area contributed by atoms with E-state index in [1.807, 2.05) is 0 Å². The molecule has 7 heterocycles. The Morgan fingerprint density at radius 3 is 2.20 bits per heavy atom. The predicted octanol–water partition coefficient (Wildman–Crippen LogP) is -0.527. The zero-order chi connectivity index (χ0) is 31.8. The lowest BCUT2D eigenvalue weighted by Crippen LogP contribution is -2.36. The molecule has 22 heteroatoms. The number of nitrogens with two attached hydrogens (primary N) is 2. The first-order chi connectivity index (χ1) is 21.3. The van der Waals surface area contributed by atoms with E-state index in [-0.39, 0.29) is 17.0 Å².